The zero-order valence-corrected chi connectivity index (χ0v) is 22.4. The molecule has 2 fully saturated rings. The van der Waals surface area contributed by atoms with E-state index in [9.17, 15) is 28.0 Å². The van der Waals surface area contributed by atoms with Crippen molar-refractivity contribution >= 4 is 40.1 Å². The number of nitriles is 1. The summed E-state index contributed by atoms with van der Waals surface area (Å²) in [6, 6.07) is 9.64. The normalized spacial score (nSPS) is 18.9. The average Bonchev–Trinajstić information content (AvgIpc) is 3.77. The molecule has 14 heteroatoms. The summed E-state index contributed by atoms with van der Waals surface area (Å²) in [6.45, 7) is -0.964. The molecule has 0 spiro atoms. The number of hydrogen-bond acceptors (Lipinski definition) is 6. The topological polar surface area (TPSA) is 152 Å². The molecule has 0 radical (unpaired) electrons. The minimum absolute atomic E-state index is 0.00406. The number of nitrogens with zero attached hydrogens (tertiary/aromatic N) is 4. The van der Waals surface area contributed by atoms with Gasteiger partial charge < -0.3 is 20.7 Å². The van der Waals surface area contributed by atoms with Gasteiger partial charge in [-0.05, 0) is 54.7 Å². The zero-order chi connectivity index (χ0) is 29.5. The smallest absolute Gasteiger partial charge is 0.331 e. The van der Waals surface area contributed by atoms with Crippen LogP contribution in [0.15, 0.2) is 46.0 Å². The third-order valence-corrected chi connectivity index (χ3v) is 7.61. The lowest BCUT2D eigenvalue weighted by molar-refractivity contribution is -0.155. The van der Waals surface area contributed by atoms with Crippen molar-refractivity contribution in [1.82, 2.24) is 14.0 Å². The fourth-order valence-electron chi connectivity index (χ4n) is 4.96. The molecule has 0 bridgehead atoms. The van der Waals surface area contributed by atoms with Gasteiger partial charge in [0, 0.05) is 18.8 Å². The van der Waals surface area contributed by atoms with E-state index in [0.29, 0.717) is 0 Å². The molecule has 1 aromatic heterocycles. The lowest BCUT2D eigenvalue weighted by Gasteiger charge is -2.40. The molecular formula is C27H25ClF2N6O5. The van der Waals surface area contributed by atoms with Crippen LogP contribution in [0.5, 0.6) is 0 Å². The second-order valence-corrected chi connectivity index (χ2v) is 10.5. The second-order valence-electron chi connectivity index (χ2n) is 10.1. The maximum absolute atomic E-state index is 13.3. The Bertz CT molecular complexity index is 1710. The van der Waals surface area contributed by atoms with Gasteiger partial charge in [0.25, 0.3) is 17.9 Å². The van der Waals surface area contributed by atoms with Crippen molar-refractivity contribution in [1.29, 1.82) is 5.26 Å². The lowest BCUT2D eigenvalue weighted by atomic mass is 9.90. The largest absolute Gasteiger partial charge is 0.367 e. The predicted octanol–water partition coefficient (Wildman–Crippen LogP) is 2.61. The number of nitrogens with two attached hydrogens (primary N) is 1. The first-order valence-electron chi connectivity index (χ1n) is 12.8. The summed E-state index contributed by atoms with van der Waals surface area (Å²) in [5.41, 5.74) is 3.21. The molecule has 1 atom stereocenters. The summed E-state index contributed by atoms with van der Waals surface area (Å²) in [6.07, 6.45) is -1.13. The van der Waals surface area contributed by atoms with Crippen LogP contribution in [0.4, 0.5) is 19.3 Å². The Kier molecular flexibility index (Phi) is 7.54. The lowest BCUT2D eigenvalue weighted by Crippen LogP contribution is -2.58. The number of aromatic nitrogens is 2. The van der Waals surface area contributed by atoms with E-state index >= 15 is 0 Å². The first-order chi connectivity index (χ1) is 19.5. The van der Waals surface area contributed by atoms with Crippen molar-refractivity contribution in [2.75, 3.05) is 25.0 Å². The summed E-state index contributed by atoms with van der Waals surface area (Å²) in [4.78, 5) is 53.3. The number of urea groups is 1. The maximum Gasteiger partial charge on any atom is 0.331 e. The van der Waals surface area contributed by atoms with Crippen LogP contribution in [0.1, 0.15) is 24.0 Å². The van der Waals surface area contributed by atoms with E-state index < -0.39 is 41.8 Å². The quantitative estimate of drug-likeness (QED) is 0.434. The van der Waals surface area contributed by atoms with E-state index in [1.54, 1.807) is 0 Å². The number of anilines is 1. The van der Waals surface area contributed by atoms with Crippen LogP contribution < -0.4 is 22.3 Å². The molecule has 3 N–H and O–H groups in total. The van der Waals surface area contributed by atoms with Gasteiger partial charge in [0.15, 0.2) is 5.60 Å². The van der Waals surface area contributed by atoms with Crippen molar-refractivity contribution in [2.45, 2.75) is 38.0 Å². The molecular weight excluding hydrogens is 562 g/mol. The molecule has 3 amide bonds. The summed E-state index contributed by atoms with van der Waals surface area (Å²) >= 11 is 6.16. The van der Waals surface area contributed by atoms with Crippen molar-refractivity contribution in [2.24, 2.45) is 11.7 Å². The maximum atomic E-state index is 13.3. The number of ether oxygens (including phenoxy) is 1. The SMILES string of the molecule is N#Cc1ccc(C2(C(N)=O)CN(C(=O)Nc3ccc4c(c3)c(=O)n(CC3CC3)c(=O)n4CC(F)F)CCO2)cc1Cl. The van der Waals surface area contributed by atoms with Crippen molar-refractivity contribution < 1.29 is 23.1 Å². The molecule has 41 heavy (non-hydrogen) atoms. The zero-order valence-electron chi connectivity index (χ0n) is 21.6. The number of carbonyl (C=O) groups excluding carboxylic acids is 2. The van der Waals surface area contributed by atoms with Crippen LogP contribution in [0, 0.1) is 17.2 Å². The third-order valence-electron chi connectivity index (χ3n) is 7.30. The molecule has 2 aromatic carbocycles. The van der Waals surface area contributed by atoms with Crippen LogP contribution in [-0.4, -0.2) is 52.1 Å². The Balaban J connectivity index is 1.45. The van der Waals surface area contributed by atoms with Gasteiger partial charge in [0.05, 0.1) is 41.2 Å². The number of halogens is 3. The minimum Gasteiger partial charge on any atom is -0.367 e. The number of rotatable bonds is 7. The Labute approximate surface area is 236 Å². The first-order valence-corrected chi connectivity index (χ1v) is 13.2. The minimum atomic E-state index is -2.82. The Hall–Kier alpha value is -4.28. The van der Waals surface area contributed by atoms with Gasteiger partial charge in [-0.25, -0.2) is 18.4 Å². The van der Waals surface area contributed by atoms with Gasteiger partial charge >= 0.3 is 11.7 Å². The molecule has 1 unspecified atom stereocenters. The second kappa shape index (κ2) is 10.9. The van der Waals surface area contributed by atoms with E-state index in [0.717, 1.165) is 22.0 Å². The first kappa shape index (κ1) is 28.3. The Morgan fingerprint density at radius 1 is 1.20 bits per heavy atom. The number of hydrogen-bond donors (Lipinski definition) is 2. The predicted molar refractivity (Wildman–Crippen MR) is 145 cm³/mol. The number of alkyl halides is 2. The molecule has 2 heterocycles. The monoisotopic (exact) mass is 586 g/mol. The highest BCUT2D eigenvalue weighted by Gasteiger charge is 2.45. The number of primary amides is 1. The van der Waals surface area contributed by atoms with Gasteiger partial charge in [0.1, 0.15) is 6.07 Å². The van der Waals surface area contributed by atoms with Crippen molar-refractivity contribution in [3.63, 3.8) is 0 Å². The van der Waals surface area contributed by atoms with Gasteiger partial charge in [-0.1, -0.05) is 17.7 Å². The van der Waals surface area contributed by atoms with Gasteiger partial charge in [-0.2, -0.15) is 5.26 Å². The summed E-state index contributed by atoms with van der Waals surface area (Å²) in [5.74, 6) is -0.728. The highest BCUT2D eigenvalue weighted by molar-refractivity contribution is 6.31. The Morgan fingerprint density at radius 2 is 1.95 bits per heavy atom. The van der Waals surface area contributed by atoms with Crippen LogP contribution >= 0.6 is 11.6 Å². The number of amides is 3. The number of benzene rings is 2. The molecule has 3 aromatic rings. The summed E-state index contributed by atoms with van der Waals surface area (Å²) < 4.78 is 34.3. The fourth-order valence-corrected chi connectivity index (χ4v) is 5.18. The van der Waals surface area contributed by atoms with Crippen LogP contribution in [0.3, 0.4) is 0 Å². The summed E-state index contributed by atoms with van der Waals surface area (Å²) in [5, 5.41) is 11.9. The molecule has 1 saturated carbocycles. The van der Waals surface area contributed by atoms with Crippen LogP contribution in [0.2, 0.25) is 5.02 Å². The fraction of sp³-hybridized carbons (Fsp3) is 0.370. The molecule has 1 saturated heterocycles. The molecule has 1 aliphatic carbocycles. The highest BCUT2D eigenvalue weighted by atomic mass is 35.5. The summed E-state index contributed by atoms with van der Waals surface area (Å²) in [7, 11) is 0. The number of carbonyl (C=O) groups is 2. The van der Waals surface area contributed by atoms with E-state index in [1.165, 1.54) is 41.3 Å². The van der Waals surface area contributed by atoms with Crippen LogP contribution in [-0.2, 0) is 28.2 Å². The van der Waals surface area contributed by atoms with Crippen molar-refractivity contribution in [3.8, 4) is 6.07 Å². The third kappa shape index (κ3) is 5.40. The van der Waals surface area contributed by atoms with Crippen molar-refractivity contribution in [3.05, 3.63) is 73.4 Å². The molecule has 214 valence electrons. The van der Waals surface area contributed by atoms with Gasteiger partial charge in [-0.15, -0.1) is 0 Å². The van der Waals surface area contributed by atoms with E-state index in [1.807, 2.05) is 6.07 Å². The number of morpholine rings is 1. The molecule has 11 nitrogen and oxygen atoms in total. The van der Waals surface area contributed by atoms with E-state index in [2.05, 4.69) is 5.32 Å². The van der Waals surface area contributed by atoms with E-state index in [4.69, 9.17) is 27.3 Å². The van der Waals surface area contributed by atoms with E-state index in [-0.39, 0.29) is 64.9 Å². The Morgan fingerprint density at radius 3 is 2.59 bits per heavy atom. The molecule has 5 rings (SSSR count). The van der Waals surface area contributed by atoms with Crippen LogP contribution in [0.25, 0.3) is 10.9 Å². The standard InChI is InChI=1S/C27H25ClF2N6O5/c28-20-9-17(4-3-16(20)11-31)27(24(32)38)14-34(7-8-41-27)25(39)33-18-5-6-21-19(10-18)23(37)36(12-15-1-2-15)26(40)35(21)13-22(29)30/h3-6,9-10,15,22H,1-2,7-8,12-14H2,(H2,32,38)(H,33,39). The van der Waals surface area contributed by atoms with Gasteiger partial charge in [0.2, 0.25) is 0 Å². The molecule has 1 aliphatic heterocycles. The van der Waals surface area contributed by atoms with Gasteiger partial charge in [-0.3, -0.25) is 18.7 Å². The number of fused-ring (bicyclic) bond motifs is 1. The average molecular weight is 587 g/mol. The highest BCUT2D eigenvalue weighted by Crippen LogP contribution is 2.33. The number of nitrogens with one attached hydrogen (secondary N) is 1. The molecule has 2 aliphatic rings.